The molecule has 0 saturated carbocycles. The van der Waals surface area contributed by atoms with Crippen molar-refractivity contribution < 1.29 is 14.3 Å². The first kappa shape index (κ1) is 25.8. The molecular weight excluding hydrogens is 454 g/mol. The smallest absolute Gasteiger partial charge is 0.330 e. The number of aromatic amines is 1. The number of anilines is 1. The number of carbonyl (C=O) groups excluding carboxylic acids is 2. The van der Waals surface area contributed by atoms with Crippen LogP contribution in [-0.2, 0) is 33.8 Å². The lowest BCUT2D eigenvalue weighted by molar-refractivity contribution is -0.153. The first-order valence-electron chi connectivity index (χ1n) is 11.7. The molecule has 12 nitrogen and oxygen atoms in total. The van der Waals surface area contributed by atoms with Gasteiger partial charge in [0, 0.05) is 31.9 Å². The molecule has 0 aromatic carbocycles. The Bertz CT molecular complexity index is 1290. The fourth-order valence-electron chi connectivity index (χ4n) is 3.59. The van der Waals surface area contributed by atoms with E-state index in [9.17, 15) is 19.2 Å². The number of ether oxygens (including phenoxy) is 1. The number of rotatable bonds is 11. The quantitative estimate of drug-likeness (QED) is 0.389. The van der Waals surface area contributed by atoms with Crippen LogP contribution < -0.4 is 16.6 Å². The number of imidazole rings is 1. The molecule has 0 bridgehead atoms. The molecule has 3 aromatic rings. The van der Waals surface area contributed by atoms with Crippen molar-refractivity contribution in [1.82, 2.24) is 29.1 Å². The summed E-state index contributed by atoms with van der Waals surface area (Å²) in [5.41, 5.74) is -0.383. The van der Waals surface area contributed by atoms with Crippen molar-refractivity contribution in [2.24, 2.45) is 5.92 Å². The maximum atomic E-state index is 12.7. The van der Waals surface area contributed by atoms with Gasteiger partial charge in [0.05, 0.1) is 6.42 Å². The highest BCUT2D eigenvalue weighted by atomic mass is 16.5. The molecule has 0 aliphatic rings. The van der Waals surface area contributed by atoms with Gasteiger partial charge in [-0.1, -0.05) is 27.2 Å². The van der Waals surface area contributed by atoms with Crippen molar-refractivity contribution in [2.45, 2.75) is 72.6 Å². The maximum absolute atomic E-state index is 12.7. The fraction of sp³-hybridized carbons (Fsp3) is 0.522. The summed E-state index contributed by atoms with van der Waals surface area (Å²) in [5, 5.41) is 2.48. The predicted molar refractivity (Wildman–Crippen MR) is 129 cm³/mol. The van der Waals surface area contributed by atoms with E-state index in [2.05, 4.69) is 25.3 Å². The first-order valence-corrected chi connectivity index (χ1v) is 11.7. The molecule has 0 aliphatic carbocycles. The molecule has 0 spiro atoms. The molecule has 188 valence electrons. The molecule has 3 heterocycles. The third kappa shape index (κ3) is 6.40. The van der Waals surface area contributed by atoms with E-state index < -0.39 is 29.2 Å². The minimum atomic E-state index is -1.05. The van der Waals surface area contributed by atoms with Crippen LogP contribution in [0, 0.1) is 5.92 Å². The summed E-state index contributed by atoms with van der Waals surface area (Å²) >= 11 is 0. The second kappa shape index (κ2) is 11.5. The predicted octanol–water partition coefficient (Wildman–Crippen LogP) is 1.64. The molecular formula is C23H31N7O5. The lowest BCUT2D eigenvalue weighted by atomic mass is 10.2. The third-order valence-corrected chi connectivity index (χ3v) is 5.28. The fourth-order valence-corrected chi connectivity index (χ4v) is 3.59. The van der Waals surface area contributed by atoms with E-state index in [1.165, 1.54) is 23.9 Å². The molecule has 1 amide bonds. The minimum absolute atomic E-state index is 0.0576. The van der Waals surface area contributed by atoms with Crippen LogP contribution in [0.4, 0.5) is 5.95 Å². The highest BCUT2D eigenvalue weighted by Gasteiger charge is 2.22. The number of hydrogen-bond acceptors (Lipinski definition) is 8. The maximum Gasteiger partial charge on any atom is 0.330 e. The van der Waals surface area contributed by atoms with E-state index in [0.717, 1.165) is 12.8 Å². The molecule has 0 saturated heterocycles. The Morgan fingerprint density at radius 1 is 1.14 bits per heavy atom. The normalized spacial score (nSPS) is 12.1. The Hall–Kier alpha value is -3.83. The van der Waals surface area contributed by atoms with Gasteiger partial charge in [-0.05, 0) is 25.3 Å². The Balaban J connectivity index is 1.78. The highest BCUT2D eigenvalue weighted by Crippen LogP contribution is 2.16. The number of unbranched alkanes of at least 4 members (excludes halogenated alkanes) is 1. The van der Waals surface area contributed by atoms with E-state index in [4.69, 9.17) is 4.74 Å². The second-order valence-electron chi connectivity index (χ2n) is 8.66. The average Bonchev–Trinajstić information content (AvgIpc) is 3.16. The van der Waals surface area contributed by atoms with Gasteiger partial charge in [-0.3, -0.25) is 29.3 Å². The highest BCUT2D eigenvalue weighted by molar-refractivity contribution is 5.93. The summed E-state index contributed by atoms with van der Waals surface area (Å²) in [6.07, 6.45) is 3.66. The van der Waals surface area contributed by atoms with E-state index in [-0.39, 0.29) is 24.7 Å². The van der Waals surface area contributed by atoms with Crippen molar-refractivity contribution in [3.63, 3.8) is 0 Å². The van der Waals surface area contributed by atoms with Crippen LogP contribution in [0.25, 0.3) is 11.2 Å². The summed E-state index contributed by atoms with van der Waals surface area (Å²) in [4.78, 5) is 64.6. The van der Waals surface area contributed by atoms with E-state index in [0.29, 0.717) is 30.1 Å². The zero-order valence-electron chi connectivity index (χ0n) is 20.4. The standard InChI is InChI=1S/C23H31N7O5/c1-5-6-12-29-19-18(21(33)28-23(29)34)30(13-14(2)3)16(26-19)8-9-17(31)35-15(4)20(32)27-22-24-10-7-11-25-22/h7,10-11,14-15H,5-6,8-9,12-13H2,1-4H3,(H,28,33,34)(H,24,25,27,32). The molecule has 0 radical (unpaired) electrons. The molecule has 12 heteroatoms. The topological polar surface area (TPSA) is 154 Å². The van der Waals surface area contributed by atoms with Gasteiger partial charge in [0.1, 0.15) is 5.82 Å². The Morgan fingerprint density at radius 3 is 2.51 bits per heavy atom. The number of carbonyl (C=O) groups is 2. The molecule has 3 aromatic heterocycles. The van der Waals surface area contributed by atoms with Gasteiger partial charge in [-0.15, -0.1) is 0 Å². The van der Waals surface area contributed by atoms with Crippen molar-refractivity contribution in [3.05, 3.63) is 45.1 Å². The Kier molecular flexibility index (Phi) is 8.50. The van der Waals surface area contributed by atoms with Crippen molar-refractivity contribution in [3.8, 4) is 0 Å². The average molecular weight is 486 g/mol. The Morgan fingerprint density at radius 2 is 1.86 bits per heavy atom. The van der Waals surface area contributed by atoms with Gasteiger partial charge < -0.3 is 9.30 Å². The SMILES string of the molecule is CCCCn1c(=O)[nH]c(=O)c2c1nc(CCC(=O)OC(C)C(=O)Nc1ncccn1)n2CC(C)C. The first-order chi connectivity index (χ1) is 16.7. The number of fused-ring (bicyclic) bond motifs is 1. The third-order valence-electron chi connectivity index (χ3n) is 5.28. The molecule has 35 heavy (non-hydrogen) atoms. The molecule has 1 atom stereocenters. The second-order valence-corrected chi connectivity index (χ2v) is 8.66. The van der Waals surface area contributed by atoms with Crippen LogP contribution >= 0.6 is 0 Å². The summed E-state index contributed by atoms with van der Waals surface area (Å²) in [6, 6.07) is 1.61. The number of amides is 1. The van der Waals surface area contributed by atoms with Crippen LogP contribution in [0.15, 0.2) is 28.0 Å². The molecule has 0 fully saturated rings. The number of nitrogens with one attached hydrogen (secondary N) is 2. The van der Waals surface area contributed by atoms with Gasteiger partial charge in [0.2, 0.25) is 5.95 Å². The molecule has 2 N–H and O–H groups in total. The van der Waals surface area contributed by atoms with Crippen molar-refractivity contribution >= 4 is 29.0 Å². The zero-order chi connectivity index (χ0) is 25.5. The van der Waals surface area contributed by atoms with Crippen LogP contribution in [-0.4, -0.2) is 47.1 Å². The van der Waals surface area contributed by atoms with Crippen LogP contribution in [0.3, 0.4) is 0 Å². The number of aryl methyl sites for hydroxylation is 2. The van der Waals surface area contributed by atoms with E-state index >= 15 is 0 Å². The molecule has 1 unspecified atom stereocenters. The van der Waals surface area contributed by atoms with Gasteiger partial charge in [0.25, 0.3) is 11.5 Å². The number of hydrogen-bond donors (Lipinski definition) is 2. The van der Waals surface area contributed by atoms with Gasteiger partial charge >= 0.3 is 11.7 Å². The number of H-pyrrole nitrogens is 1. The summed E-state index contributed by atoms with van der Waals surface area (Å²) in [7, 11) is 0. The van der Waals surface area contributed by atoms with E-state index in [1.807, 2.05) is 20.8 Å². The lowest BCUT2D eigenvalue weighted by Crippen LogP contribution is -2.31. The van der Waals surface area contributed by atoms with Gasteiger partial charge in [-0.25, -0.2) is 19.7 Å². The van der Waals surface area contributed by atoms with Gasteiger partial charge in [-0.2, -0.15) is 0 Å². The summed E-state index contributed by atoms with van der Waals surface area (Å²) in [5.74, 6) is -0.341. The van der Waals surface area contributed by atoms with Crippen LogP contribution in [0.2, 0.25) is 0 Å². The number of nitrogens with zero attached hydrogens (tertiary/aromatic N) is 5. The number of esters is 1. The molecule has 0 aliphatic heterocycles. The summed E-state index contributed by atoms with van der Waals surface area (Å²) in [6.45, 7) is 8.39. The summed E-state index contributed by atoms with van der Waals surface area (Å²) < 4.78 is 8.48. The largest absolute Gasteiger partial charge is 0.453 e. The van der Waals surface area contributed by atoms with Crippen molar-refractivity contribution in [1.29, 1.82) is 0 Å². The van der Waals surface area contributed by atoms with E-state index in [1.54, 1.807) is 10.6 Å². The van der Waals surface area contributed by atoms with Gasteiger partial charge in [0.15, 0.2) is 17.3 Å². The van der Waals surface area contributed by atoms with Crippen molar-refractivity contribution in [2.75, 3.05) is 5.32 Å². The van der Waals surface area contributed by atoms with Crippen LogP contribution in [0.1, 0.15) is 52.8 Å². The van der Waals surface area contributed by atoms with Crippen LogP contribution in [0.5, 0.6) is 0 Å². The molecule has 3 rings (SSSR count). The minimum Gasteiger partial charge on any atom is -0.453 e. The monoisotopic (exact) mass is 485 g/mol. The zero-order valence-corrected chi connectivity index (χ0v) is 20.4. The Labute approximate surface area is 201 Å². The lowest BCUT2D eigenvalue weighted by Gasteiger charge is -2.13. The number of aromatic nitrogens is 6.